The summed E-state index contributed by atoms with van der Waals surface area (Å²) in [5.41, 5.74) is -0.792. The fourth-order valence-corrected chi connectivity index (χ4v) is 1.38. The van der Waals surface area contributed by atoms with Crippen LogP contribution in [-0.2, 0) is 4.79 Å². The Morgan fingerprint density at radius 1 is 1.40 bits per heavy atom. The summed E-state index contributed by atoms with van der Waals surface area (Å²) >= 11 is 0. The van der Waals surface area contributed by atoms with Gasteiger partial charge in [0.2, 0.25) is 0 Å². The van der Waals surface area contributed by atoms with E-state index < -0.39 is 5.41 Å². The van der Waals surface area contributed by atoms with Crippen LogP contribution >= 0.6 is 0 Å². The van der Waals surface area contributed by atoms with Crippen LogP contribution in [0.4, 0.5) is 0 Å². The molecule has 1 rings (SSSR count). The monoisotopic (exact) mass is 144 g/mol. The minimum Gasteiger partial charge on any atom is -0.395 e. The van der Waals surface area contributed by atoms with Gasteiger partial charge in [0, 0.05) is 6.42 Å². The second kappa shape index (κ2) is 2.68. The minimum atomic E-state index is -0.792. The van der Waals surface area contributed by atoms with Gasteiger partial charge in [0.1, 0.15) is 5.78 Å². The zero-order valence-electron chi connectivity index (χ0n) is 5.84. The van der Waals surface area contributed by atoms with Gasteiger partial charge in [-0.1, -0.05) is 0 Å². The second-order valence-corrected chi connectivity index (χ2v) is 2.87. The van der Waals surface area contributed by atoms with Gasteiger partial charge in [-0.25, -0.2) is 0 Å². The maximum atomic E-state index is 11.0. The van der Waals surface area contributed by atoms with Gasteiger partial charge < -0.3 is 10.2 Å². The molecule has 0 saturated heterocycles. The average molecular weight is 144 g/mol. The summed E-state index contributed by atoms with van der Waals surface area (Å²) in [5, 5.41) is 17.6. The van der Waals surface area contributed by atoms with E-state index >= 15 is 0 Å². The number of rotatable bonds is 2. The van der Waals surface area contributed by atoms with Gasteiger partial charge in [-0.05, 0) is 12.8 Å². The third-order valence-corrected chi connectivity index (χ3v) is 2.26. The zero-order chi connectivity index (χ0) is 7.61. The minimum absolute atomic E-state index is 0.0116. The maximum Gasteiger partial charge on any atom is 0.143 e. The van der Waals surface area contributed by atoms with E-state index in [9.17, 15) is 4.79 Å². The first kappa shape index (κ1) is 7.69. The van der Waals surface area contributed by atoms with Gasteiger partial charge in [0.05, 0.1) is 18.6 Å². The molecule has 0 unspecified atom stereocenters. The third kappa shape index (κ3) is 0.954. The van der Waals surface area contributed by atoms with E-state index in [0.717, 1.165) is 6.42 Å². The Kier molecular flexibility index (Phi) is 2.06. The molecule has 1 fully saturated rings. The smallest absolute Gasteiger partial charge is 0.143 e. The maximum absolute atomic E-state index is 11.0. The van der Waals surface area contributed by atoms with E-state index in [4.69, 9.17) is 10.2 Å². The van der Waals surface area contributed by atoms with Gasteiger partial charge in [-0.15, -0.1) is 0 Å². The molecule has 0 aromatic heterocycles. The number of hydrogen-bond donors (Lipinski definition) is 2. The highest BCUT2D eigenvalue weighted by Gasteiger charge is 2.40. The van der Waals surface area contributed by atoms with Gasteiger partial charge in [-0.3, -0.25) is 4.79 Å². The van der Waals surface area contributed by atoms with Crippen molar-refractivity contribution in [1.82, 2.24) is 0 Å². The molecule has 1 aliphatic rings. The zero-order valence-corrected chi connectivity index (χ0v) is 5.84. The molecule has 0 aliphatic heterocycles. The van der Waals surface area contributed by atoms with Crippen molar-refractivity contribution in [2.24, 2.45) is 5.41 Å². The summed E-state index contributed by atoms with van der Waals surface area (Å²) in [5.74, 6) is 0.0116. The van der Waals surface area contributed by atoms with Gasteiger partial charge in [-0.2, -0.15) is 0 Å². The largest absolute Gasteiger partial charge is 0.395 e. The molecular formula is C7H12O3. The van der Waals surface area contributed by atoms with Crippen LogP contribution in [0.3, 0.4) is 0 Å². The molecule has 0 bridgehead atoms. The van der Waals surface area contributed by atoms with E-state index in [1.165, 1.54) is 0 Å². The fourth-order valence-electron chi connectivity index (χ4n) is 1.38. The molecule has 0 atom stereocenters. The molecule has 0 amide bonds. The molecule has 2 N–H and O–H groups in total. The van der Waals surface area contributed by atoms with Crippen molar-refractivity contribution in [1.29, 1.82) is 0 Å². The van der Waals surface area contributed by atoms with Crippen LogP contribution in [0, 0.1) is 5.41 Å². The van der Waals surface area contributed by atoms with Crippen LogP contribution in [-0.4, -0.2) is 29.2 Å². The standard InChI is InChI=1S/C7H12O3/c8-4-7(5-9)3-1-2-6(7)10/h8-9H,1-5H2. The van der Waals surface area contributed by atoms with E-state index in [0.29, 0.717) is 12.8 Å². The van der Waals surface area contributed by atoms with Crippen molar-refractivity contribution in [3.05, 3.63) is 0 Å². The Bertz CT molecular complexity index is 138. The van der Waals surface area contributed by atoms with E-state index in [1.54, 1.807) is 0 Å². The normalized spacial score (nSPS) is 23.6. The lowest BCUT2D eigenvalue weighted by Gasteiger charge is -2.20. The lowest BCUT2D eigenvalue weighted by atomic mass is 9.87. The SMILES string of the molecule is O=C1CCCC1(CO)CO. The summed E-state index contributed by atoms with van der Waals surface area (Å²) in [6, 6.07) is 0. The Balaban J connectivity index is 2.71. The van der Waals surface area contributed by atoms with Crippen LogP contribution in [0.5, 0.6) is 0 Å². The Hall–Kier alpha value is -0.410. The number of Topliss-reactive ketones (excluding diaryl/α,β-unsaturated/α-hetero) is 1. The molecule has 0 aromatic carbocycles. The molecule has 10 heavy (non-hydrogen) atoms. The average Bonchev–Trinajstić information content (AvgIpc) is 2.32. The summed E-state index contributed by atoms with van der Waals surface area (Å²) in [6.45, 7) is -0.412. The highest BCUT2D eigenvalue weighted by atomic mass is 16.3. The predicted octanol–water partition coefficient (Wildman–Crippen LogP) is -0.290. The molecule has 0 spiro atoms. The first-order valence-corrected chi connectivity index (χ1v) is 3.50. The van der Waals surface area contributed by atoms with Crippen LogP contribution in [0.2, 0.25) is 0 Å². The fraction of sp³-hybridized carbons (Fsp3) is 0.857. The third-order valence-electron chi connectivity index (χ3n) is 2.26. The molecule has 0 heterocycles. The quantitative estimate of drug-likeness (QED) is 0.560. The summed E-state index contributed by atoms with van der Waals surface area (Å²) in [6.07, 6.45) is 1.96. The number of aliphatic hydroxyl groups is 2. The van der Waals surface area contributed by atoms with Crippen molar-refractivity contribution in [3.8, 4) is 0 Å². The predicted molar refractivity (Wildman–Crippen MR) is 35.5 cm³/mol. The molecule has 3 heteroatoms. The van der Waals surface area contributed by atoms with Crippen molar-refractivity contribution in [3.63, 3.8) is 0 Å². The number of ketones is 1. The Morgan fingerprint density at radius 2 is 2.00 bits per heavy atom. The first-order chi connectivity index (χ1) is 4.75. The van der Waals surface area contributed by atoms with E-state index in [2.05, 4.69) is 0 Å². The van der Waals surface area contributed by atoms with Crippen molar-refractivity contribution in [2.45, 2.75) is 19.3 Å². The Morgan fingerprint density at radius 3 is 2.20 bits per heavy atom. The van der Waals surface area contributed by atoms with Gasteiger partial charge >= 0.3 is 0 Å². The summed E-state index contributed by atoms with van der Waals surface area (Å²) < 4.78 is 0. The molecule has 58 valence electrons. The molecule has 0 aromatic rings. The molecule has 1 aliphatic carbocycles. The van der Waals surface area contributed by atoms with Crippen LogP contribution < -0.4 is 0 Å². The summed E-state index contributed by atoms with van der Waals surface area (Å²) in [4.78, 5) is 11.0. The number of carbonyl (C=O) groups is 1. The van der Waals surface area contributed by atoms with Crippen LogP contribution in [0.25, 0.3) is 0 Å². The number of aliphatic hydroxyl groups excluding tert-OH is 2. The number of carbonyl (C=O) groups excluding carboxylic acids is 1. The first-order valence-electron chi connectivity index (χ1n) is 3.50. The van der Waals surface area contributed by atoms with Crippen molar-refractivity contribution < 1.29 is 15.0 Å². The lowest BCUT2D eigenvalue weighted by molar-refractivity contribution is -0.130. The molecule has 0 radical (unpaired) electrons. The van der Waals surface area contributed by atoms with E-state index in [1.807, 2.05) is 0 Å². The Labute approximate surface area is 59.7 Å². The van der Waals surface area contributed by atoms with E-state index in [-0.39, 0.29) is 19.0 Å². The van der Waals surface area contributed by atoms with Crippen LogP contribution in [0.1, 0.15) is 19.3 Å². The molecule has 3 nitrogen and oxygen atoms in total. The number of hydrogen-bond acceptors (Lipinski definition) is 3. The molecular weight excluding hydrogens is 132 g/mol. The lowest BCUT2D eigenvalue weighted by Crippen LogP contribution is -2.33. The highest BCUT2D eigenvalue weighted by molar-refractivity contribution is 5.87. The van der Waals surface area contributed by atoms with Crippen LogP contribution in [0.15, 0.2) is 0 Å². The molecule has 1 saturated carbocycles. The highest BCUT2D eigenvalue weighted by Crippen LogP contribution is 2.33. The van der Waals surface area contributed by atoms with Gasteiger partial charge in [0.25, 0.3) is 0 Å². The summed E-state index contributed by atoms with van der Waals surface area (Å²) in [7, 11) is 0. The second-order valence-electron chi connectivity index (χ2n) is 2.87. The van der Waals surface area contributed by atoms with Crippen molar-refractivity contribution >= 4 is 5.78 Å². The topological polar surface area (TPSA) is 57.5 Å². The van der Waals surface area contributed by atoms with Crippen molar-refractivity contribution in [2.75, 3.05) is 13.2 Å². The van der Waals surface area contributed by atoms with Gasteiger partial charge in [0.15, 0.2) is 0 Å².